The minimum atomic E-state index is 0.267. The number of benzene rings is 1. The van der Waals surface area contributed by atoms with E-state index in [0.717, 1.165) is 5.92 Å². The first-order chi connectivity index (χ1) is 7.99. The lowest BCUT2D eigenvalue weighted by Gasteiger charge is -2.30. The molecular weight excluding hydrogens is 272 g/mol. The monoisotopic (exact) mass is 294 g/mol. The lowest BCUT2D eigenvalue weighted by molar-refractivity contribution is 0.417. The Morgan fingerprint density at radius 2 is 2.06 bits per heavy atom. The Kier molecular flexibility index (Phi) is 3.97. The Labute approximate surface area is 114 Å². The van der Waals surface area contributed by atoms with Crippen molar-refractivity contribution in [1.82, 2.24) is 0 Å². The zero-order valence-corrected chi connectivity index (χ0v) is 12.8. The highest BCUT2D eigenvalue weighted by Crippen LogP contribution is 2.38. The van der Waals surface area contributed by atoms with Crippen molar-refractivity contribution in [1.29, 1.82) is 0 Å². The van der Waals surface area contributed by atoms with Crippen LogP contribution in [-0.2, 0) is 5.41 Å². The molecule has 1 heteroatoms. The van der Waals surface area contributed by atoms with Gasteiger partial charge in [-0.25, -0.2) is 0 Å². The quantitative estimate of drug-likeness (QED) is 0.652. The first-order valence-electron chi connectivity index (χ1n) is 6.73. The number of halogens is 1. The molecule has 0 aliphatic heterocycles. The fraction of sp³-hybridized carbons (Fsp3) is 0.625. The molecule has 0 amide bonds. The fourth-order valence-electron chi connectivity index (χ4n) is 2.78. The summed E-state index contributed by atoms with van der Waals surface area (Å²) >= 11 is 3.68. The third-order valence-electron chi connectivity index (χ3n) is 4.04. The van der Waals surface area contributed by atoms with E-state index < -0.39 is 0 Å². The van der Waals surface area contributed by atoms with Crippen LogP contribution >= 0.6 is 15.9 Å². The highest BCUT2D eigenvalue weighted by Gasteiger charge is 2.25. The predicted molar refractivity (Wildman–Crippen MR) is 79.1 cm³/mol. The second kappa shape index (κ2) is 5.14. The van der Waals surface area contributed by atoms with Crippen LogP contribution in [0.2, 0.25) is 0 Å². The van der Waals surface area contributed by atoms with Crippen LogP contribution in [0.25, 0.3) is 0 Å². The van der Waals surface area contributed by atoms with Crippen molar-refractivity contribution in [3.8, 4) is 0 Å². The van der Waals surface area contributed by atoms with Crippen LogP contribution in [0.1, 0.15) is 63.5 Å². The van der Waals surface area contributed by atoms with Crippen molar-refractivity contribution in [2.75, 3.05) is 0 Å². The fourth-order valence-corrected chi connectivity index (χ4v) is 3.59. The maximum atomic E-state index is 3.68. The Bertz CT molecular complexity index is 375. The van der Waals surface area contributed by atoms with E-state index in [1.165, 1.54) is 31.2 Å². The molecule has 0 bridgehead atoms. The lowest BCUT2D eigenvalue weighted by atomic mass is 9.76. The highest BCUT2D eigenvalue weighted by atomic mass is 79.9. The van der Waals surface area contributed by atoms with Gasteiger partial charge in [-0.2, -0.15) is 0 Å². The molecule has 1 fully saturated rings. The number of hydrogen-bond acceptors (Lipinski definition) is 0. The summed E-state index contributed by atoms with van der Waals surface area (Å²) in [6.07, 6.45) is 5.37. The van der Waals surface area contributed by atoms with Gasteiger partial charge in [0.25, 0.3) is 0 Å². The number of hydrogen-bond donors (Lipinski definition) is 0. The van der Waals surface area contributed by atoms with Gasteiger partial charge in [-0.15, -0.1) is 0 Å². The molecule has 0 N–H and O–H groups in total. The van der Waals surface area contributed by atoms with Gasteiger partial charge in [0, 0.05) is 4.83 Å². The summed E-state index contributed by atoms with van der Waals surface area (Å²) in [6.45, 7) is 6.94. The maximum absolute atomic E-state index is 3.68. The summed E-state index contributed by atoms with van der Waals surface area (Å²) in [5, 5.41) is 0. The zero-order chi connectivity index (χ0) is 12.5. The first kappa shape index (κ1) is 13.1. The molecule has 2 rings (SSSR count). The second-order valence-electron chi connectivity index (χ2n) is 6.12. The van der Waals surface area contributed by atoms with Gasteiger partial charge in [0.15, 0.2) is 0 Å². The van der Waals surface area contributed by atoms with E-state index in [0.29, 0.717) is 4.83 Å². The summed E-state index contributed by atoms with van der Waals surface area (Å²) in [7, 11) is 0. The van der Waals surface area contributed by atoms with Gasteiger partial charge < -0.3 is 0 Å². The van der Waals surface area contributed by atoms with Crippen LogP contribution in [0.3, 0.4) is 0 Å². The van der Waals surface area contributed by atoms with Gasteiger partial charge in [0.2, 0.25) is 0 Å². The molecule has 94 valence electrons. The first-order valence-corrected chi connectivity index (χ1v) is 7.65. The van der Waals surface area contributed by atoms with Crippen molar-refractivity contribution in [3.05, 3.63) is 35.4 Å². The molecule has 1 aromatic carbocycles. The van der Waals surface area contributed by atoms with Crippen molar-refractivity contribution in [2.24, 2.45) is 0 Å². The molecule has 0 saturated heterocycles. The molecule has 1 aliphatic rings. The molecule has 0 heterocycles. The molecule has 0 nitrogen and oxygen atoms in total. The number of alkyl halides is 1. The second-order valence-corrected chi connectivity index (χ2v) is 7.69. The van der Waals surface area contributed by atoms with Crippen LogP contribution in [0.5, 0.6) is 0 Å². The third-order valence-corrected chi connectivity index (χ3v) is 4.36. The van der Waals surface area contributed by atoms with E-state index in [4.69, 9.17) is 0 Å². The summed E-state index contributed by atoms with van der Waals surface area (Å²) < 4.78 is 0. The van der Waals surface area contributed by atoms with Gasteiger partial charge >= 0.3 is 0 Å². The van der Waals surface area contributed by atoms with Crippen molar-refractivity contribution in [3.63, 3.8) is 0 Å². The van der Waals surface area contributed by atoms with Crippen molar-refractivity contribution < 1.29 is 0 Å². The average molecular weight is 295 g/mol. The molecule has 1 aliphatic carbocycles. The van der Waals surface area contributed by atoms with Crippen molar-refractivity contribution >= 4 is 15.9 Å². The molecule has 0 spiro atoms. The van der Waals surface area contributed by atoms with E-state index in [1.807, 2.05) is 0 Å². The summed E-state index contributed by atoms with van der Waals surface area (Å²) in [5.74, 6) is 0.840. The highest BCUT2D eigenvalue weighted by molar-refractivity contribution is 9.09. The van der Waals surface area contributed by atoms with Crippen LogP contribution in [0.4, 0.5) is 0 Å². The minimum absolute atomic E-state index is 0.267. The van der Waals surface area contributed by atoms with Gasteiger partial charge in [-0.05, 0) is 41.7 Å². The lowest BCUT2D eigenvalue weighted by Crippen LogP contribution is -2.21. The van der Waals surface area contributed by atoms with Crippen molar-refractivity contribution in [2.45, 2.75) is 62.6 Å². The third kappa shape index (κ3) is 3.13. The van der Waals surface area contributed by atoms with Crippen LogP contribution in [0, 0.1) is 0 Å². The maximum Gasteiger partial charge on any atom is 0.0125 e. The van der Waals surface area contributed by atoms with E-state index in [2.05, 4.69) is 61.0 Å². The molecule has 17 heavy (non-hydrogen) atoms. The van der Waals surface area contributed by atoms with E-state index in [9.17, 15) is 0 Å². The Hall–Kier alpha value is -0.300. The van der Waals surface area contributed by atoms with Crippen LogP contribution in [0.15, 0.2) is 24.3 Å². The Morgan fingerprint density at radius 1 is 1.35 bits per heavy atom. The molecule has 1 aromatic rings. The van der Waals surface area contributed by atoms with Gasteiger partial charge in [0.05, 0.1) is 0 Å². The topological polar surface area (TPSA) is 0 Å². The summed E-state index contributed by atoms with van der Waals surface area (Å²) in [6, 6.07) is 9.28. The van der Waals surface area contributed by atoms with E-state index >= 15 is 0 Å². The average Bonchev–Trinajstić information content (AvgIpc) is 2.13. The van der Waals surface area contributed by atoms with E-state index in [-0.39, 0.29) is 5.41 Å². The SMILES string of the molecule is CC(Br)CC(C)(C)c1cccc(C2CCC2)c1. The van der Waals surface area contributed by atoms with E-state index in [1.54, 1.807) is 5.56 Å². The molecule has 0 radical (unpaired) electrons. The standard InChI is InChI=1S/C16H23Br/c1-12(17)11-16(2,3)15-9-5-8-14(10-15)13-6-4-7-13/h5,8-10,12-13H,4,6-7,11H2,1-3H3. The minimum Gasteiger partial charge on any atom is -0.0893 e. The molecule has 1 atom stereocenters. The Morgan fingerprint density at radius 3 is 2.59 bits per heavy atom. The smallest absolute Gasteiger partial charge is 0.0125 e. The normalized spacial score (nSPS) is 18.8. The predicted octanol–water partition coefficient (Wildman–Crippen LogP) is 5.41. The zero-order valence-electron chi connectivity index (χ0n) is 11.2. The summed E-state index contributed by atoms with van der Waals surface area (Å²) in [5.41, 5.74) is 3.32. The molecule has 1 saturated carbocycles. The molecule has 0 aromatic heterocycles. The Balaban J connectivity index is 2.19. The van der Waals surface area contributed by atoms with Gasteiger partial charge in [-0.3, -0.25) is 0 Å². The number of rotatable bonds is 4. The molecule has 1 unspecified atom stereocenters. The van der Waals surface area contributed by atoms with Crippen LogP contribution < -0.4 is 0 Å². The summed E-state index contributed by atoms with van der Waals surface area (Å²) in [4.78, 5) is 0.574. The van der Waals surface area contributed by atoms with Gasteiger partial charge in [0.1, 0.15) is 0 Å². The van der Waals surface area contributed by atoms with Crippen LogP contribution in [-0.4, -0.2) is 4.83 Å². The van der Waals surface area contributed by atoms with Gasteiger partial charge in [-0.1, -0.05) is 67.4 Å². The molecular formula is C16H23Br. The largest absolute Gasteiger partial charge is 0.0893 e.